The zero-order valence-electron chi connectivity index (χ0n) is 10.6. The lowest BCUT2D eigenvalue weighted by molar-refractivity contribution is 0.0171. The van der Waals surface area contributed by atoms with Crippen molar-refractivity contribution in [1.82, 2.24) is 4.90 Å². The normalized spacial score (nSPS) is 18.3. The van der Waals surface area contributed by atoms with E-state index >= 15 is 0 Å². The van der Waals surface area contributed by atoms with Gasteiger partial charge in [0.2, 0.25) is 0 Å². The number of anilines is 1. The molecule has 1 heterocycles. The van der Waals surface area contributed by atoms with Gasteiger partial charge in [-0.3, -0.25) is 4.90 Å². The van der Waals surface area contributed by atoms with Gasteiger partial charge in [-0.15, -0.1) is 0 Å². The van der Waals surface area contributed by atoms with Gasteiger partial charge in [-0.1, -0.05) is 29.3 Å². The van der Waals surface area contributed by atoms with E-state index in [1.165, 1.54) is 0 Å². The first-order valence-corrected chi connectivity index (χ1v) is 7.08. The minimum Gasteiger partial charge on any atom is -0.390 e. The standard InChI is InChI=1S/C13H18Cl2N2O2/c14-11-2-1-3-12(13(11)15)16-8-10(18)9-17-4-6-19-7-5-17/h1-3,10,16,18H,4-9H2. The maximum atomic E-state index is 10.0. The molecule has 1 unspecified atom stereocenters. The van der Waals surface area contributed by atoms with E-state index in [0.717, 1.165) is 32.0 Å². The largest absolute Gasteiger partial charge is 0.390 e. The molecule has 1 atom stereocenters. The van der Waals surface area contributed by atoms with Crippen LogP contribution >= 0.6 is 23.2 Å². The summed E-state index contributed by atoms with van der Waals surface area (Å²) in [6, 6.07) is 5.40. The lowest BCUT2D eigenvalue weighted by Crippen LogP contribution is -2.42. The predicted octanol–water partition coefficient (Wildman–Crippen LogP) is 2.10. The molecule has 0 aromatic heterocycles. The molecule has 1 aliphatic heterocycles. The van der Waals surface area contributed by atoms with Crippen LogP contribution in [0.1, 0.15) is 0 Å². The molecule has 6 heteroatoms. The summed E-state index contributed by atoms with van der Waals surface area (Å²) in [5.41, 5.74) is 0.746. The molecular weight excluding hydrogens is 287 g/mol. The van der Waals surface area contributed by atoms with Crippen molar-refractivity contribution >= 4 is 28.9 Å². The van der Waals surface area contributed by atoms with Crippen LogP contribution in [0.25, 0.3) is 0 Å². The highest BCUT2D eigenvalue weighted by Gasteiger charge is 2.15. The van der Waals surface area contributed by atoms with Crippen molar-refractivity contribution < 1.29 is 9.84 Å². The second kappa shape index (κ2) is 7.31. The molecule has 4 nitrogen and oxygen atoms in total. The molecule has 2 N–H and O–H groups in total. The van der Waals surface area contributed by atoms with E-state index in [1.807, 2.05) is 12.1 Å². The maximum Gasteiger partial charge on any atom is 0.0839 e. The molecule has 106 valence electrons. The number of halogens is 2. The van der Waals surface area contributed by atoms with Crippen molar-refractivity contribution in [2.24, 2.45) is 0 Å². The summed E-state index contributed by atoms with van der Waals surface area (Å²) in [5, 5.41) is 14.1. The van der Waals surface area contributed by atoms with Crippen molar-refractivity contribution in [3.8, 4) is 0 Å². The molecule has 1 fully saturated rings. The Kier molecular flexibility index (Phi) is 5.73. The van der Waals surface area contributed by atoms with Gasteiger partial charge < -0.3 is 15.2 Å². The number of rotatable bonds is 5. The molecule has 1 aromatic carbocycles. The fourth-order valence-corrected chi connectivity index (χ4v) is 2.38. The molecular formula is C13H18Cl2N2O2. The highest BCUT2D eigenvalue weighted by Crippen LogP contribution is 2.29. The number of nitrogens with one attached hydrogen (secondary N) is 1. The monoisotopic (exact) mass is 304 g/mol. The van der Waals surface area contributed by atoms with Crippen LogP contribution in [0.2, 0.25) is 10.0 Å². The predicted molar refractivity (Wildman–Crippen MR) is 78.2 cm³/mol. The lowest BCUT2D eigenvalue weighted by Gasteiger charge is -2.28. The molecule has 0 bridgehead atoms. The summed E-state index contributed by atoms with van der Waals surface area (Å²) >= 11 is 12.0. The van der Waals surface area contributed by atoms with E-state index in [-0.39, 0.29) is 0 Å². The molecule has 2 rings (SSSR count). The van der Waals surface area contributed by atoms with E-state index in [2.05, 4.69) is 10.2 Å². The third-order valence-corrected chi connectivity index (χ3v) is 3.87. The Hall–Kier alpha value is -0.520. The van der Waals surface area contributed by atoms with Crippen molar-refractivity contribution in [3.05, 3.63) is 28.2 Å². The van der Waals surface area contributed by atoms with Gasteiger partial charge in [0.15, 0.2) is 0 Å². The fraction of sp³-hybridized carbons (Fsp3) is 0.538. The van der Waals surface area contributed by atoms with Gasteiger partial charge in [0.1, 0.15) is 0 Å². The van der Waals surface area contributed by atoms with Gasteiger partial charge in [-0.2, -0.15) is 0 Å². The van der Waals surface area contributed by atoms with Crippen molar-refractivity contribution in [2.75, 3.05) is 44.7 Å². The first-order valence-electron chi connectivity index (χ1n) is 6.33. The molecule has 19 heavy (non-hydrogen) atoms. The Bertz CT molecular complexity index is 412. The summed E-state index contributed by atoms with van der Waals surface area (Å²) in [4.78, 5) is 2.19. The Labute approximate surface area is 123 Å². The molecule has 0 spiro atoms. The van der Waals surface area contributed by atoms with Gasteiger partial charge in [-0.25, -0.2) is 0 Å². The summed E-state index contributed by atoms with van der Waals surface area (Å²) < 4.78 is 5.27. The molecule has 0 amide bonds. The Morgan fingerprint density at radius 2 is 2.05 bits per heavy atom. The summed E-state index contributed by atoms with van der Waals surface area (Å²) in [7, 11) is 0. The number of aliphatic hydroxyl groups excluding tert-OH is 1. The third-order valence-electron chi connectivity index (χ3n) is 3.05. The van der Waals surface area contributed by atoms with E-state index < -0.39 is 6.10 Å². The smallest absolute Gasteiger partial charge is 0.0839 e. The molecule has 0 radical (unpaired) electrons. The van der Waals surface area contributed by atoms with Gasteiger partial charge in [-0.05, 0) is 12.1 Å². The average molecular weight is 305 g/mol. The minimum atomic E-state index is -0.451. The quantitative estimate of drug-likeness (QED) is 0.874. The van der Waals surface area contributed by atoms with E-state index in [1.54, 1.807) is 6.07 Å². The molecule has 1 saturated heterocycles. The number of ether oxygens (including phenoxy) is 1. The Morgan fingerprint density at radius 1 is 1.32 bits per heavy atom. The van der Waals surface area contributed by atoms with Gasteiger partial charge in [0, 0.05) is 26.2 Å². The number of benzene rings is 1. The lowest BCUT2D eigenvalue weighted by atomic mass is 10.2. The summed E-state index contributed by atoms with van der Waals surface area (Å²) in [5.74, 6) is 0. The molecule has 1 aromatic rings. The highest BCUT2D eigenvalue weighted by molar-refractivity contribution is 6.43. The topological polar surface area (TPSA) is 44.7 Å². The van der Waals surface area contributed by atoms with Crippen molar-refractivity contribution in [3.63, 3.8) is 0 Å². The van der Waals surface area contributed by atoms with Crippen LogP contribution in [-0.2, 0) is 4.74 Å². The summed E-state index contributed by atoms with van der Waals surface area (Å²) in [6.45, 7) is 4.29. The fourth-order valence-electron chi connectivity index (χ4n) is 2.01. The number of β-amino-alcohol motifs (C(OH)–C–C–N with tert-alkyl or cyclic N) is 1. The van der Waals surface area contributed by atoms with Crippen LogP contribution in [0.4, 0.5) is 5.69 Å². The number of hydrogen-bond acceptors (Lipinski definition) is 4. The van der Waals surface area contributed by atoms with E-state index in [4.69, 9.17) is 27.9 Å². The maximum absolute atomic E-state index is 10.0. The van der Waals surface area contributed by atoms with Crippen molar-refractivity contribution in [1.29, 1.82) is 0 Å². The third kappa shape index (κ3) is 4.51. The first kappa shape index (κ1) is 14.9. The number of aliphatic hydroxyl groups is 1. The van der Waals surface area contributed by atoms with Crippen LogP contribution < -0.4 is 5.32 Å². The van der Waals surface area contributed by atoms with Gasteiger partial charge >= 0.3 is 0 Å². The van der Waals surface area contributed by atoms with Crippen LogP contribution in [0, 0.1) is 0 Å². The number of morpholine rings is 1. The number of nitrogens with zero attached hydrogens (tertiary/aromatic N) is 1. The van der Waals surface area contributed by atoms with Crippen LogP contribution in [-0.4, -0.2) is 55.5 Å². The van der Waals surface area contributed by atoms with E-state index in [0.29, 0.717) is 23.1 Å². The van der Waals surface area contributed by atoms with Crippen LogP contribution in [0.5, 0.6) is 0 Å². The first-order chi connectivity index (χ1) is 9.16. The molecule has 0 saturated carbocycles. The molecule has 1 aliphatic rings. The number of hydrogen-bond donors (Lipinski definition) is 2. The average Bonchev–Trinajstić information content (AvgIpc) is 2.42. The van der Waals surface area contributed by atoms with Gasteiger partial charge in [0.25, 0.3) is 0 Å². The second-order valence-electron chi connectivity index (χ2n) is 4.55. The minimum absolute atomic E-state index is 0.442. The zero-order chi connectivity index (χ0) is 13.7. The Balaban J connectivity index is 1.79. The molecule has 0 aliphatic carbocycles. The van der Waals surface area contributed by atoms with Crippen molar-refractivity contribution in [2.45, 2.75) is 6.10 Å². The zero-order valence-corrected chi connectivity index (χ0v) is 12.1. The van der Waals surface area contributed by atoms with E-state index in [9.17, 15) is 5.11 Å². The van der Waals surface area contributed by atoms with Crippen LogP contribution in [0.15, 0.2) is 18.2 Å². The van der Waals surface area contributed by atoms with Gasteiger partial charge in [0.05, 0.1) is 35.1 Å². The second-order valence-corrected chi connectivity index (χ2v) is 5.33. The SMILES string of the molecule is OC(CNc1cccc(Cl)c1Cl)CN1CCOCC1. The summed E-state index contributed by atoms with van der Waals surface area (Å²) in [6.07, 6.45) is -0.451. The highest BCUT2D eigenvalue weighted by atomic mass is 35.5. The Morgan fingerprint density at radius 3 is 2.79 bits per heavy atom. The van der Waals surface area contributed by atoms with Crippen LogP contribution in [0.3, 0.4) is 0 Å².